The molecule has 4 rings (SSSR count). The zero-order chi connectivity index (χ0) is 17.3. The van der Waals surface area contributed by atoms with E-state index in [-0.39, 0.29) is 22.9 Å². The largest absolute Gasteiger partial charge is 0.393 e. The van der Waals surface area contributed by atoms with E-state index in [0.29, 0.717) is 54.5 Å². The summed E-state index contributed by atoms with van der Waals surface area (Å²) in [5, 5.41) is 10.3. The summed E-state index contributed by atoms with van der Waals surface area (Å²) in [7, 11) is 0. The van der Waals surface area contributed by atoms with Crippen molar-refractivity contribution in [1.82, 2.24) is 0 Å². The van der Waals surface area contributed by atoms with Crippen LogP contribution in [0, 0.1) is 40.4 Å². The van der Waals surface area contributed by atoms with Crippen LogP contribution in [0.2, 0.25) is 0 Å². The Bertz CT molecular complexity index is 567. The first-order valence-electron chi connectivity index (χ1n) is 10.00. The second-order valence-corrected chi connectivity index (χ2v) is 9.82. The van der Waals surface area contributed by atoms with Crippen LogP contribution in [0.25, 0.3) is 0 Å². The fourth-order valence-electron chi connectivity index (χ4n) is 7.67. The lowest BCUT2D eigenvalue weighted by Gasteiger charge is -2.59. The highest BCUT2D eigenvalue weighted by molar-refractivity contribution is 5.90. The van der Waals surface area contributed by atoms with Crippen molar-refractivity contribution in [2.75, 3.05) is 0 Å². The average molecular weight is 332 g/mol. The molecule has 134 valence electrons. The van der Waals surface area contributed by atoms with Crippen LogP contribution < -0.4 is 0 Å². The lowest BCUT2D eigenvalue weighted by molar-refractivity contribution is -0.159. The van der Waals surface area contributed by atoms with Gasteiger partial charge >= 0.3 is 0 Å². The van der Waals surface area contributed by atoms with Gasteiger partial charge in [0.1, 0.15) is 11.6 Å². The Balaban J connectivity index is 1.67. The minimum Gasteiger partial charge on any atom is -0.393 e. The Morgan fingerprint density at radius 3 is 2.42 bits per heavy atom. The first-order valence-corrected chi connectivity index (χ1v) is 10.00. The third-order valence-electron chi connectivity index (χ3n) is 8.94. The molecule has 3 nitrogen and oxygen atoms in total. The van der Waals surface area contributed by atoms with E-state index in [9.17, 15) is 14.7 Å². The van der Waals surface area contributed by atoms with Crippen LogP contribution in [0.1, 0.15) is 72.1 Å². The highest BCUT2D eigenvalue weighted by atomic mass is 16.3. The predicted molar refractivity (Wildman–Crippen MR) is 92.3 cm³/mol. The van der Waals surface area contributed by atoms with Crippen LogP contribution in [0.4, 0.5) is 0 Å². The topological polar surface area (TPSA) is 54.4 Å². The van der Waals surface area contributed by atoms with Gasteiger partial charge in [-0.3, -0.25) is 9.59 Å². The standard InChI is InChI=1S/C21H32O3/c1-12(22)15-4-5-16-14-11-19(24)18-10-13(23)6-8-21(18,3)17(14)7-9-20(15,16)2/h12,14-18,22H,4-11H2,1-3H3/t12-,14-,15+,16-,17-,18+,20+,21+/m0/s1. The summed E-state index contributed by atoms with van der Waals surface area (Å²) < 4.78 is 0. The van der Waals surface area contributed by atoms with E-state index in [1.807, 2.05) is 6.92 Å². The average Bonchev–Trinajstić information content (AvgIpc) is 2.87. The van der Waals surface area contributed by atoms with Gasteiger partial charge in [0.05, 0.1) is 6.10 Å². The number of fused-ring (bicyclic) bond motifs is 5. The van der Waals surface area contributed by atoms with Crippen molar-refractivity contribution in [2.45, 2.75) is 78.2 Å². The van der Waals surface area contributed by atoms with Gasteiger partial charge in [0.2, 0.25) is 0 Å². The number of rotatable bonds is 1. The molecule has 24 heavy (non-hydrogen) atoms. The number of carbonyl (C=O) groups is 2. The maximum absolute atomic E-state index is 12.9. The fraction of sp³-hybridized carbons (Fsp3) is 0.905. The molecule has 0 saturated heterocycles. The molecular formula is C21H32O3. The zero-order valence-electron chi connectivity index (χ0n) is 15.4. The molecule has 0 aromatic carbocycles. The second-order valence-electron chi connectivity index (χ2n) is 9.82. The Labute approximate surface area is 145 Å². The number of aliphatic hydroxyl groups excluding tert-OH is 1. The van der Waals surface area contributed by atoms with E-state index in [1.54, 1.807) is 0 Å². The molecule has 0 unspecified atom stereocenters. The number of carbonyl (C=O) groups excluding carboxylic acids is 2. The Hall–Kier alpha value is -0.700. The van der Waals surface area contributed by atoms with Gasteiger partial charge in [0.15, 0.2) is 0 Å². The second kappa shape index (κ2) is 5.40. The highest BCUT2D eigenvalue weighted by Gasteiger charge is 2.62. The maximum atomic E-state index is 12.9. The minimum atomic E-state index is -0.244. The summed E-state index contributed by atoms with van der Waals surface area (Å²) in [6.45, 7) is 6.63. The van der Waals surface area contributed by atoms with Crippen LogP contribution in [0.5, 0.6) is 0 Å². The zero-order valence-corrected chi connectivity index (χ0v) is 15.4. The van der Waals surface area contributed by atoms with Crippen molar-refractivity contribution < 1.29 is 14.7 Å². The normalized spacial score (nSPS) is 52.4. The van der Waals surface area contributed by atoms with Gasteiger partial charge in [-0.1, -0.05) is 13.8 Å². The lowest BCUT2D eigenvalue weighted by Crippen LogP contribution is -2.57. The van der Waals surface area contributed by atoms with E-state index in [0.717, 1.165) is 12.8 Å². The molecule has 0 heterocycles. The van der Waals surface area contributed by atoms with Crippen molar-refractivity contribution >= 4 is 11.6 Å². The molecule has 8 atom stereocenters. The van der Waals surface area contributed by atoms with E-state index in [1.165, 1.54) is 19.3 Å². The summed E-state index contributed by atoms with van der Waals surface area (Å²) >= 11 is 0. The first-order chi connectivity index (χ1) is 11.3. The summed E-state index contributed by atoms with van der Waals surface area (Å²) in [5.74, 6) is 2.68. The smallest absolute Gasteiger partial charge is 0.137 e. The number of ketones is 2. The van der Waals surface area contributed by atoms with Gasteiger partial charge < -0.3 is 5.11 Å². The third kappa shape index (κ3) is 2.12. The Morgan fingerprint density at radius 2 is 1.71 bits per heavy atom. The van der Waals surface area contributed by atoms with Crippen molar-refractivity contribution in [3.8, 4) is 0 Å². The van der Waals surface area contributed by atoms with Gasteiger partial charge in [-0.15, -0.1) is 0 Å². The summed E-state index contributed by atoms with van der Waals surface area (Å²) in [5.41, 5.74) is 0.238. The minimum absolute atomic E-state index is 0.0154. The van der Waals surface area contributed by atoms with E-state index in [4.69, 9.17) is 0 Å². The van der Waals surface area contributed by atoms with Crippen molar-refractivity contribution in [3.05, 3.63) is 0 Å². The van der Waals surface area contributed by atoms with Gasteiger partial charge in [0, 0.05) is 25.2 Å². The highest BCUT2D eigenvalue weighted by Crippen LogP contribution is 2.66. The van der Waals surface area contributed by atoms with Crippen LogP contribution in [-0.2, 0) is 9.59 Å². The third-order valence-corrected chi connectivity index (χ3v) is 8.94. The summed E-state index contributed by atoms with van der Waals surface area (Å²) in [6.07, 6.45) is 7.14. The van der Waals surface area contributed by atoms with E-state index >= 15 is 0 Å². The molecule has 0 aromatic heterocycles. The van der Waals surface area contributed by atoms with E-state index < -0.39 is 0 Å². The monoisotopic (exact) mass is 332 g/mol. The molecule has 4 fully saturated rings. The molecular weight excluding hydrogens is 300 g/mol. The van der Waals surface area contributed by atoms with Gasteiger partial charge in [-0.25, -0.2) is 0 Å². The molecule has 4 saturated carbocycles. The molecule has 3 heteroatoms. The molecule has 0 bridgehead atoms. The molecule has 4 aliphatic rings. The molecule has 1 N–H and O–H groups in total. The number of Topliss-reactive ketones (excluding diaryl/α,β-unsaturated/α-hetero) is 2. The van der Waals surface area contributed by atoms with Crippen LogP contribution in [-0.4, -0.2) is 22.8 Å². The summed E-state index contributed by atoms with van der Waals surface area (Å²) in [4.78, 5) is 24.9. The molecule has 4 aliphatic carbocycles. The summed E-state index contributed by atoms with van der Waals surface area (Å²) in [6, 6.07) is 0. The van der Waals surface area contributed by atoms with E-state index in [2.05, 4.69) is 13.8 Å². The number of aliphatic hydroxyl groups is 1. The van der Waals surface area contributed by atoms with Crippen molar-refractivity contribution in [3.63, 3.8) is 0 Å². The molecule has 0 radical (unpaired) electrons. The lowest BCUT2D eigenvalue weighted by atomic mass is 9.44. The quantitative estimate of drug-likeness (QED) is 0.795. The fourth-order valence-corrected chi connectivity index (χ4v) is 7.67. The van der Waals surface area contributed by atoms with Crippen LogP contribution >= 0.6 is 0 Å². The van der Waals surface area contributed by atoms with Crippen molar-refractivity contribution in [1.29, 1.82) is 0 Å². The predicted octanol–water partition coefficient (Wildman–Crippen LogP) is 3.77. The Morgan fingerprint density at radius 1 is 1.00 bits per heavy atom. The SMILES string of the molecule is C[C@H](O)[C@H]1CC[C@H]2[C@@H]3CC(=O)[C@H]4CC(=O)CC[C@]4(C)[C@H]3CC[C@]12C. The van der Waals surface area contributed by atoms with Gasteiger partial charge in [0.25, 0.3) is 0 Å². The van der Waals surface area contributed by atoms with Crippen LogP contribution in [0.15, 0.2) is 0 Å². The number of hydrogen-bond acceptors (Lipinski definition) is 3. The molecule has 0 spiro atoms. The van der Waals surface area contributed by atoms with Crippen LogP contribution in [0.3, 0.4) is 0 Å². The first kappa shape index (κ1) is 16.8. The molecule has 0 aliphatic heterocycles. The number of hydrogen-bond donors (Lipinski definition) is 1. The molecule has 0 amide bonds. The van der Waals surface area contributed by atoms with Gasteiger partial charge in [-0.05, 0) is 73.5 Å². The van der Waals surface area contributed by atoms with Gasteiger partial charge in [-0.2, -0.15) is 0 Å². The Kier molecular flexibility index (Phi) is 3.77. The molecule has 0 aromatic rings. The maximum Gasteiger partial charge on any atom is 0.137 e. The van der Waals surface area contributed by atoms with Crippen molar-refractivity contribution in [2.24, 2.45) is 40.4 Å².